The highest BCUT2D eigenvalue weighted by Crippen LogP contribution is 2.34. The van der Waals surface area contributed by atoms with Crippen LogP contribution in [0.2, 0.25) is 0 Å². The lowest BCUT2D eigenvalue weighted by Gasteiger charge is -2.14. The maximum absolute atomic E-state index is 6.12. The molecule has 0 radical (unpaired) electrons. The topological polar surface area (TPSA) is 43.8 Å². The van der Waals surface area contributed by atoms with E-state index in [2.05, 4.69) is 39.9 Å². The van der Waals surface area contributed by atoms with Gasteiger partial charge in [0, 0.05) is 6.04 Å². The molecule has 0 aliphatic heterocycles. The van der Waals surface area contributed by atoms with Crippen LogP contribution in [0.25, 0.3) is 11.0 Å². The molecule has 0 unspecified atom stereocenters. The third kappa shape index (κ3) is 1.55. The van der Waals surface area contributed by atoms with Crippen LogP contribution in [0.5, 0.6) is 0 Å². The van der Waals surface area contributed by atoms with Gasteiger partial charge in [-0.3, -0.25) is 0 Å². The van der Waals surface area contributed by atoms with E-state index in [9.17, 15) is 0 Å². The molecule has 0 fully saturated rings. The fraction of sp³-hybridized carbons (Fsp3) is 0.188. The van der Waals surface area contributed by atoms with Gasteiger partial charge in [-0.1, -0.05) is 36.4 Å². The van der Waals surface area contributed by atoms with Gasteiger partial charge in [0.2, 0.25) is 5.95 Å². The van der Waals surface area contributed by atoms with Gasteiger partial charge in [0.15, 0.2) is 0 Å². The van der Waals surface area contributed by atoms with Crippen LogP contribution in [0.4, 0.5) is 5.95 Å². The van der Waals surface area contributed by atoms with Crippen LogP contribution in [0.15, 0.2) is 48.5 Å². The Balaban J connectivity index is 1.83. The molecule has 0 saturated carbocycles. The monoisotopic (exact) mass is 249 g/mol. The maximum atomic E-state index is 6.12. The van der Waals surface area contributed by atoms with Gasteiger partial charge in [-0.15, -0.1) is 0 Å². The third-order valence-corrected chi connectivity index (χ3v) is 4.02. The molecule has 4 rings (SSSR count). The molecular weight excluding hydrogens is 234 g/mol. The molecule has 1 aliphatic rings. The number of rotatable bonds is 1. The molecule has 94 valence electrons. The summed E-state index contributed by atoms with van der Waals surface area (Å²) in [5.41, 5.74) is 11.1. The second-order valence-corrected chi connectivity index (χ2v) is 5.16. The van der Waals surface area contributed by atoms with Crippen LogP contribution in [0.1, 0.15) is 17.2 Å². The molecule has 0 amide bonds. The number of nitrogen functional groups attached to an aromatic ring is 1. The maximum Gasteiger partial charge on any atom is 0.201 e. The van der Waals surface area contributed by atoms with Gasteiger partial charge >= 0.3 is 0 Å². The Hall–Kier alpha value is -2.29. The molecule has 2 N–H and O–H groups in total. The number of para-hydroxylation sites is 2. The summed E-state index contributed by atoms with van der Waals surface area (Å²) in [6.07, 6.45) is 2.08. The highest BCUT2D eigenvalue weighted by molar-refractivity contribution is 5.78. The largest absolute Gasteiger partial charge is 0.369 e. The van der Waals surface area contributed by atoms with Gasteiger partial charge in [-0.2, -0.15) is 0 Å². The van der Waals surface area contributed by atoms with Crippen LogP contribution < -0.4 is 5.73 Å². The van der Waals surface area contributed by atoms with E-state index < -0.39 is 0 Å². The molecule has 0 saturated heterocycles. The fourth-order valence-electron chi connectivity index (χ4n) is 3.17. The first-order valence-electron chi connectivity index (χ1n) is 6.62. The van der Waals surface area contributed by atoms with E-state index in [4.69, 9.17) is 5.73 Å². The summed E-state index contributed by atoms with van der Waals surface area (Å²) in [5, 5.41) is 0. The molecule has 1 aliphatic carbocycles. The molecular formula is C16H15N3. The van der Waals surface area contributed by atoms with Crippen LogP contribution in [0, 0.1) is 0 Å². The molecule has 1 aromatic heterocycles. The molecule has 19 heavy (non-hydrogen) atoms. The molecule has 0 bridgehead atoms. The fourth-order valence-corrected chi connectivity index (χ4v) is 3.17. The highest BCUT2D eigenvalue weighted by atomic mass is 15.2. The molecule has 3 nitrogen and oxygen atoms in total. The summed E-state index contributed by atoms with van der Waals surface area (Å²) in [6.45, 7) is 0. The Bertz CT molecular complexity index is 733. The Labute approximate surface area is 111 Å². The Morgan fingerprint density at radius 3 is 2.32 bits per heavy atom. The second kappa shape index (κ2) is 3.85. The standard InChI is InChI=1S/C16H15N3/c17-16-18-14-7-3-4-8-15(14)19(16)13-9-11-5-1-2-6-12(11)10-13/h1-8,13H,9-10H2,(H2,17,18). The van der Waals surface area contributed by atoms with Gasteiger partial charge in [0.25, 0.3) is 0 Å². The Morgan fingerprint density at radius 1 is 0.947 bits per heavy atom. The number of nitrogens with two attached hydrogens (primary N) is 1. The summed E-state index contributed by atoms with van der Waals surface area (Å²) in [7, 11) is 0. The zero-order chi connectivity index (χ0) is 12.8. The third-order valence-electron chi connectivity index (χ3n) is 4.02. The SMILES string of the molecule is Nc1nc2ccccc2n1C1Cc2ccccc2C1. The normalized spacial score (nSPS) is 14.9. The Kier molecular flexibility index (Phi) is 2.15. The molecule has 1 heterocycles. The number of nitrogens with zero attached hydrogens (tertiary/aromatic N) is 2. The number of anilines is 1. The van der Waals surface area contributed by atoms with Gasteiger partial charge in [-0.05, 0) is 36.1 Å². The second-order valence-electron chi connectivity index (χ2n) is 5.16. The average Bonchev–Trinajstić information content (AvgIpc) is 2.97. The minimum absolute atomic E-state index is 0.393. The van der Waals surface area contributed by atoms with E-state index in [1.165, 1.54) is 11.1 Å². The van der Waals surface area contributed by atoms with E-state index in [-0.39, 0.29) is 0 Å². The summed E-state index contributed by atoms with van der Waals surface area (Å²) >= 11 is 0. The van der Waals surface area contributed by atoms with Crippen molar-refractivity contribution in [2.75, 3.05) is 5.73 Å². The first-order chi connectivity index (χ1) is 9.33. The number of hydrogen-bond donors (Lipinski definition) is 1. The number of aromatic nitrogens is 2. The summed E-state index contributed by atoms with van der Waals surface area (Å²) in [4.78, 5) is 4.46. The van der Waals surface area contributed by atoms with Crippen molar-refractivity contribution in [2.24, 2.45) is 0 Å². The number of fused-ring (bicyclic) bond motifs is 2. The van der Waals surface area contributed by atoms with Crippen molar-refractivity contribution >= 4 is 17.0 Å². The van der Waals surface area contributed by atoms with Gasteiger partial charge in [0.05, 0.1) is 11.0 Å². The molecule has 2 aromatic carbocycles. The van der Waals surface area contributed by atoms with E-state index in [0.717, 1.165) is 23.9 Å². The molecule has 3 heteroatoms. The number of hydrogen-bond acceptors (Lipinski definition) is 2. The molecule has 0 spiro atoms. The van der Waals surface area contributed by atoms with Gasteiger partial charge < -0.3 is 10.3 Å². The summed E-state index contributed by atoms with van der Waals surface area (Å²) < 4.78 is 2.19. The quantitative estimate of drug-likeness (QED) is 0.720. The Morgan fingerprint density at radius 2 is 1.58 bits per heavy atom. The van der Waals surface area contributed by atoms with Crippen molar-refractivity contribution < 1.29 is 0 Å². The highest BCUT2D eigenvalue weighted by Gasteiger charge is 2.25. The first kappa shape index (κ1) is 10.6. The van der Waals surface area contributed by atoms with Crippen LogP contribution in [0.3, 0.4) is 0 Å². The minimum atomic E-state index is 0.393. The predicted molar refractivity (Wildman–Crippen MR) is 77.0 cm³/mol. The van der Waals surface area contributed by atoms with Crippen molar-refractivity contribution in [3.05, 3.63) is 59.7 Å². The number of imidazole rings is 1. The number of benzene rings is 2. The zero-order valence-corrected chi connectivity index (χ0v) is 10.6. The lowest BCUT2D eigenvalue weighted by molar-refractivity contribution is 0.550. The van der Waals surface area contributed by atoms with Crippen molar-refractivity contribution in [2.45, 2.75) is 18.9 Å². The van der Waals surface area contributed by atoms with Crippen molar-refractivity contribution in [3.8, 4) is 0 Å². The summed E-state index contributed by atoms with van der Waals surface area (Å²) in [5.74, 6) is 0.624. The van der Waals surface area contributed by atoms with Crippen molar-refractivity contribution in [1.29, 1.82) is 0 Å². The van der Waals surface area contributed by atoms with Crippen molar-refractivity contribution in [3.63, 3.8) is 0 Å². The van der Waals surface area contributed by atoms with Crippen LogP contribution >= 0.6 is 0 Å². The van der Waals surface area contributed by atoms with Gasteiger partial charge in [-0.25, -0.2) is 4.98 Å². The zero-order valence-electron chi connectivity index (χ0n) is 10.6. The smallest absolute Gasteiger partial charge is 0.201 e. The first-order valence-corrected chi connectivity index (χ1v) is 6.62. The van der Waals surface area contributed by atoms with Crippen LogP contribution in [-0.4, -0.2) is 9.55 Å². The predicted octanol–water partition coefficient (Wildman–Crippen LogP) is 2.96. The average molecular weight is 249 g/mol. The van der Waals surface area contributed by atoms with E-state index in [0.29, 0.717) is 12.0 Å². The lowest BCUT2D eigenvalue weighted by Crippen LogP contribution is -2.11. The van der Waals surface area contributed by atoms with E-state index in [1.807, 2.05) is 18.2 Å². The summed E-state index contributed by atoms with van der Waals surface area (Å²) in [6, 6.07) is 17.2. The van der Waals surface area contributed by atoms with E-state index >= 15 is 0 Å². The molecule has 3 aromatic rings. The minimum Gasteiger partial charge on any atom is -0.369 e. The van der Waals surface area contributed by atoms with E-state index in [1.54, 1.807) is 0 Å². The molecule has 0 atom stereocenters. The van der Waals surface area contributed by atoms with Gasteiger partial charge in [0.1, 0.15) is 0 Å². The lowest BCUT2D eigenvalue weighted by atomic mass is 10.1. The van der Waals surface area contributed by atoms with Crippen molar-refractivity contribution in [1.82, 2.24) is 9.55 Å². The van der Waals surface area contributed by atoms with Crippen LogP contribution in [-0.2, 0) is 12.8 Å².